The Bertz CT molecular complexity index is 202. The molecule has 0 aromatic rings. The third kappa shape index (κ3) is 4.13. The van der Waals surface area contributed by atoms with Crippen LogP contribution in [0.25, 0.3) is 0 Å². The molecule has 1 atom stereocenters. The number of alkyl halides is 1. The van der Waals surface area contributed by atoms with E-state index in [4.69, 9.17) is 4.74 Å². The number of rotatable bonds is 5. The van der Waals surface area contributed by atoms with Crippen molar-refractivity contribution in [2.24, 2.45) is 0 Å². The highest BCUT2D eigenvalue weighted by atomic mass is 19.1. The second kappa shape index (κ2) is 6.74. The van der Waals surface area contributed by atoms with Crippen LogP contribution in [-0.2, 0) is 9.53 Å². The average molecular weight is 218 g/mol. The molecule has 88 valence electrons. The van der Waals surface area contributed by atoms with E-state index in [1.165, 1.54) is 0 Å². The summed E-state index contributed by atoms with van der Waals surface area (Å²) < 4.78 is 17.4. The molecule has 0 radical (unpaired) electrons. The maximum atomic E-state index is 12.6. The van der Waals surface area contributed by atoms with Gasteiger partial charge in [0.05, 0.1) is 19.1 Å². The fraction of sp³-hybridized carbons (Fsp3) is 0.900. The van der Waals surface area contributed by atoms with Crippen molar-refractivity contribution in [1.82, 2.24) is 10.2 Å². The molecule has 0 amide bonds. The lowest BCUT2D eigenvalue weighted by molar-refractivity contribution is -0.143. The van der Waals surface area contributed by atoms with Crippen molar-refractivity contribution >= 4 is 5.97 Å². The summed E-state index contributed by atoms with van der Waals surface area (Å²) in [5.74, 6) is -0.200. The number of hydrogen-bond donors (Lipinski definition) is 1. The number of ether oxygens (including phenoxy) is 1. The van der Waals surface area contributed by atoms with E-state index in [9.17, 15) is 9.18 Å². The highest BCUT2D eigenvalue weighted by Gasteiger charge is 2.22. The van der Waals surface area contributed by atoms with Crippen LogP contribution in [-0.4, -0.2) is 56.4 Å². The molecule has 0 saturated carbocycles. The van der Waals surface area contributed by atoms with Gasteiger partial charge in [0.1, 0.15) is 6.67 Å². The molecule has 1 heterocycles. The fourth-order valence-corrected chi connectivity index (χ4v) is 1.72. The van der Waals surface area contributed by atoms with Gasteiger partial charge in [-0.1, -0.05) is 0 Å². The van der Waals surface area contributed by atoms with Crippen LogP contribution in [0.2, 0.25) is 0 Å². The molecule has 0 aromatic heterocycles. The Labute approximate surface area is 89.8 Å². The molecule has 15 heavy (non-hydrogen) atoms. The van der Waals surface area contributed by atoms with Crippen LogP contribution in [0, 0.1) is 0 Å². The molecule has 1 aliphatic rings. The van der Waals surface area contributed by atoms with Crippen molar-refractivity contribution in [2.45, 2.75) is 19.4 Å². The Morgan fingerprint density at radius 1 is 1.67 bits per heavy atom. The summed E-state index contributed by atoms with van der Waals surface area (Å²) in [6.45, 7) is 4.75. The number of nitrogens with one attached hydrogen (secondary N) is 1. The highest BCUT2D eigenvalue weighted by Crippen LogP contribution is 2.05. The SMILES string of the molecule is CCOC(=O)CCN1CCNC[C@H]1CF. The predicted molar refractivity (Wildman–Crippen MR) is 55.5 cm³/mol. The lowest BCUT2D eigenvalue weighted by Gasteiger charge is -2.34. The average Bonchev–Trinajstić information content (AvgIpc) is 2.27. The quantitative estimate of drug-likeness (QED) is 0.669. The second-order valence-electron chi connectivity index (χ2n) is 3.60. The summed E-state index contributed by atoms with van der Waals surface area (Å²) in [6.07, 6.45) is 0.352. The smallest absolute Gasteiger partial charge is 0.307 e. The monoisotopic (exact) mass is 218 g/mol. The van der Waals surface area contributed by atoms with Gasteiger partial charge in [-0.3, -0.25) is 9.69 Å². The normalized spacial score (nSPS) is 22.7. The van der Waals surface area contributed by atoms with E-state index in [2.05, 4.69) is 5.32 Å². The minimum atomic E-state index is -0.365. The van der Waals surface area contributed by atoms with Crippen LogP contribution < -0.4 is 5.32 Å². The minimum Gasteiger partial charge on any atom is -0.466 e. The maximum Gasteiger partial charge on any atom is 0.307 e. The standard InChI is InChI=1S/C10H19FN2O2/c1-2-15-10(14)3-5-13-6-4-12-8-9(13)7-11/h9,12H,2-8H2,1H3/t9-/m1/s1. The number of hydrogen-bond acceptors (Lipinski definition) is 4. The fourth-order valence-electron chi connectivity index (χ4n) is 1.72. The number of esters is 1. The number of carbonyl (C=O) groups is 1. The third-order valence-electron chi connectivity index (χ3n) is 2.56. The van der Waals surface area contributed by atoms with Crippen molar-refractivity contribution < 1.29 is 13.9 Å². The van der Waals surface area contributed by atoms with Crippen LogP contribution in [0.15, 0.2) is 0 Å². The zero-order valence-corrected chi connectivity index (χ0v) is 9.17. The zero-order chi connectivity index (χ0) is 11.1. The van der Waals surface area contributed by atoms with Gasteiger partial charge < -0.3 is 10.1 Å². The Morgan fingerprint density at radius 2 is 2.47 bits per heavy atom. The number of nitrogens with zero attached hydrogens (tertiary/aromatic N) is 1. The van der Waals surface area contributed by atoms with E-state index >= 15 is 0 Å². The van der Waals surface area contributed by atoms with Crippen molar-refractivity contribution in [1.29, 1.82) is 0 Å². The first-order chi connectivity index (χ1) is 7.27. The molecule has 5 heteroatoms. The van der Waals surface area contributed by atoms with Crippen molar-refractivity contribution in [3.63, 3.8) is 0 Å². The maximum absolute atomic E-state index is 12.6. The van der Waals surface area contributed by atoms with E-state index in [0.717, 1.165) is 13.1 Å². The van der Waals surface area contributed by atoms with Gasteiger partial charge >= 0.3 is 5.97 Å². The van der Waals surface area contributed by atoms with E-state index in [1.807, 2.05) is 4.90 Å². The molecule has 1 rings (SSSR count). The molecule has 0 spiro atoms. The van der Waals surface area contributed by atoms with Gasteiger partial charge in [0, 0.05) is 26.2 Å². The molecular formula is C10H19FN2O2. The van der Waals surface area contributed by atoms with Crippen LogP contribution >= 0.6 is 0 Å². The van der Waals surface area contributed by atoms with Gasteiger partial charge in [-0.25, -0.2) is 4.39 Å². The van der Waals surface area contributed by atoms with E-state index in [0.29, 0.717) is 26.1 Å². The zero-order valence-electron chi connectivity index (χ0n) is 9.17. The number of halogens is 1. The van der Waals surface area contributed by atoms with Gasteiger partial charge in [0.2, 0.25) is 0 Å². The van der Waals surface area contributed by atoms with Crippen molar-refractivity contribution in [3.8, 4) is 0 Å². The summed E-state index contributed by atoms with van der Waals surface area (Å²) >= 11 is 0. The molecule has 0 bridgehead atoms. The Kier molecular flexibility index (Phi) is 5.57. The van der Waals surface area contributed by atoms with Gasteiger partial charge in [0.25, 0.3) is 0 Å². The van der Waals surface area contributed by atoms with Gasteiger partial charge in [-0.05, 0) is 6.92 Å². The van der Waals surface area contributed by atoms with Gasteiger partial charge in [0.15, 0.2) is 0 Å². The first-order valence-electron chi connectivity index (χ1n) is 5.44. The van der Waals surface area contributed by atoms with Crippen LogP contribution in [0.5, 0.6) is 0 Å². The molecule has 0 unspecified atom stereocenters. The molecule has 4 nitrogen and oxygen atoms in total. The molecule has 0 aromatic carbocycles. The number of carbonyl (C=O) groups excluding carboxylic acids is 1. The van der Waals surface area contributed by atoms with Gasteiger partial charge in [-0.2, -0.15) is 0 Å². The lowest BCUT2D eigenvalue weighted by atomic mass is 10.2. The van der Waals surface area contributed by atoms with Crippen LogP contribution in [0.3, 0.4) is 0 Å². The summed E-state index contributed by atoms with van der Waals surface area (Å²) in [4.78, 5) is 13.1. The summed E-state index contributed by atoms with van der Waals surface area (Å²) in [5.41, 5.74) is 0. The Balaban J connectivity index is 2.26. The minimum absolute atomic E-state index is 0.0897. The van der Waals surface area contributed by atoms with Crippen LogP contribution in [0.1, 0.15) is 13.3 Å². The van der Waals surface area contributed by atoms with Gasteiger partial charge in [-0.15, -0.1) is 0 Å². The summed E-state index contributed by atoms with van der Waals surface area (Å²) in [6, 6.07) is -0.0897. The van der Waals surface area contributed by atoms with Crippen molar-refractivity contribution in [2.75, 3.05) is 39.5 Å². The molecular weight excluding hydrogens is 199 g/mol. The molecule has 1 fully saturated rings. The molecule has 1 saturated heterocycles. The van der Waals surface area contributed by atoms with E-state index in [-0.39, 0.29) is 18.7 Å². The lowest BCUT2D eigenvalue weighted by Crippen LogP contribution is -2.52. The first kappa shape index (κ1) is 12.4. The molecule has 0 aliphatic carbocycles. The summed E-state index contributed by atoms with van der Waals surface area (Å²) in [7, 11) is 0. The van der Waals surface area contributed by atoms with Crippen LogP contribution in [0.4, 0.5) is 4.39 Å². The largest absolute Gasteiger partial charge is 0.466 e. The Morgan fingerprint density at radius 3 is 3.13 bits per heavy atom. The number of piperazine rings is 1. The van der Waals surface area contributed by atoms with E-state index < -0.39 is 0 Å². The second-order valence-corrected chi connectivity index (χ2v) is 3.60. The Hall–Kier alpha value is -0.680. The van der Waals surface area contributed by atoms with E-state index in [1.54, 1.807) is 6.92 Å². The highest BCUT2D eigenvalue weighted by molar-refractivity contribution is 5.69. The van der Waals surface area contributed by atoms with Crippen molar-refractivity contribution in [3.05, 3.63) is 0 Å². The molecule has 1 aliphatic heterocycles. The summed E-state index contributed by atoms with van der Waals surface area (Å²) in [5, 5.41) is 3.13. The third-order valence-corrected chi connectivity index (χ3v) is 2.56. The molecule has 1 N–H and O–H groups in total. The topological polar surface area (TPSA) is 41.6 Å². The predicted octanol–water partition coefficient (Wildman–Crippen LogP) is 0.183. The first-order valence-corrected chi connectivity index (χ1v) is 5.44.